The zero-order valence-electron chi connectivity index (χ0n) is 8.73. The molecule has 0 N–H and O–H groups in total. The summed E-state index contributed by atoms with van der Waals surface area (Å²) in [5.74, 6) is 0.0202. The van der Waals surface area contributed by atoms with E-state index >= 15 is 0 Å². The maximum Gasteiger partial charge on any atom is 0.152 e. The lowest BCUT2D eigenvalue weighted by atomic mass is 10.0. The number of nitriles is 1. The Balaban J connectivity index is 2.92. The van der Waals surface area contributed by atoms with Gasteiger partial charge in [0.05, 0.1) is 6.07 Å². The predicted molar refractivity (Wildman–Crippen MR) is 59.9 cm³/mol. The zero-order chi connectivity index (χ0) is 11.1. The quantitative estimate of drug-likeness (QED) is 0.699. The molecular formula is C13H13NO. The van der Waals surface area contributed by atoms with Crippen LogP contribution in [0.25, 0.3) is 5.57 Å². The summed E-state index contributed by atoms with van der Waals surface area (Å²) in [4.78, 5) is 11.0. The molecule has 0 spiro atoms. The molecule has 0 fully saturated rings. The first-order valence-corrected chi connectivity index (χ1v) is 4.87. The number of carbonyl (C=O) groups is 1. The second kappa shape index (κ2) is 5.77. The van der Waals surface area contributed by atoms with Gasteiger partial charge in [0.25, 0.3) is 0 Å². The molecule has 0 aliphatic rings. The van der Waals surface area contributed by atoms with Crippen LogP contribution in [-0.4, -0.2) is 5.78 Å². The highest BCUT2D eigenvalue weighted by Crippen LogP contribution is 2.19. The molecule has 0 atom stereocenters. The lowest BCUT2D eigenvalue weighted by Gasteiger charge is -2.04. The number of benzene rings is 1. The van der Waals surface area contributed by atoms with Gasteiger partial charge in [0.15, 0.2) is 5.78 Å². The minimum atomic E-state index is 0.0202. The van der Waals surface area contributed by atoms with Gasteiger partial charge in [0, 0.05) is 6.42 Å². The fraction of sp³-hybridized carbons (Fsp3) is 0.231. The van der Waals surface area contributed by atoms with E-state index in [2.05, 4.69) is 6.07 Å². The van der Waals surface area contributed by atoms with Crippen LogP contribution in [0, 0.1) is 11.3 Å². The number of rotatable bonds is 4. The number of allylic oxidation sites excluding steroid dienone is 2. The Morgan fingerprint density at radius 1 is 1.40 bits per heavy atom. The van der Waals surface area contributed by atoms with E-state index in [0.29, 0.717) is 12.8 Å². The fourth-order valence-corrected chi connectivity index (χ4v) is 1.39. The van der Waals surface area contributed by atoms with Gasteiger partial charge in [-0.05, 0) is 30.6 Å². The minimum absolute atomic E-state index is 0.0202. The van der Waals surface area contributed by atoms with Gasteiger partial charge in [-0.25, -0.2) is 0 Å². The predicted octanol–water partition coefficient (Wildman–Crippen LogP) is 2.96. The van der Waals surface area contributed by atoms with Crippen molar-refractivity contribution in [1.82, 2.24) is 0 Å². The molecule has 0 bridgehead atoms. The fourth-order valence-electron chi connectivity index (χ4n) is 1.39. The first-order chi connectivity index (χ1) is 7.24. The van der Waals surface area contributed by atoms with Gasteiger partial charge < -0.3 is 0 Å². The summed E-state index contributed by atoms with van der Waals surface area (Å²) >= 11 is 0. The van der Waals surface area contributed by atoms with Crippen molar-refractivity contribution in [2.75, 3.05) is 0 Å². The van der Waals surface area contributed by atoms with Crippen LogP contribution >= 0.6 is 0 Å². The molecule has 2 heteroatoms. The highest BCUT2D eigenvalue weighted by Gasteiger charge is 2.01. The highest BCUT2D eigenvalue weighted by atomic mass is 16.1. The first kappa shape index (κ1) is 11.2. The van der Waals surface area contributed by atoms with Gasteiger partial charge in [0.1, 0.15) is 0 Å². The van der Waals surface area contributed by atoms with Crippen molar-refractivity contribution in [2.45, 2.75) is 19.8 Å². The standard InChI is InChI=1S/C13H13NO/c1-11(15)10-13(8-5-9-14)12-6-3-2-4-7-12/h2-4,6-7,10H,5,8H2,1H3/b13-10+. The second-order valence-electron chi connectivity index (χ2n) is 3.30. The van der Waals surface area contributed by atoms with Crippen LogP contribution in [0.5, 0.6) is 0 Å². The molecule has 0 saturated heterocycles. The van der Waals surface area contributed by atoms with Gasteiger partial charge in [-0.1, -0.05) is 30.3 Å². The van der Waals surface area contributed by atoms with Gasteiger partial charge in [0.2, 0.25) is 0 Å². The maximum atomic E-state index is 11.0. The Kier molecular flexibility index (Phi) is 4.30. The van der Waals surface area contributed by atoms with Crippen molar-refractivity contribution in [1.29, 1.82) is 5.26 Å². The molecule has 0 amide bonds. The molecule has 0 radical (unpaired) electrons. The topological polar surface area (TPSA) is 40.9 Å². The van der Waals surface area contributed by atoms with Gasteiger partial charge >= 0.3 is 0 Å². The molecule has 0 saturated carbocycles. The first-order valence-electron chi connectivity index (χ1n) is 4.87. The van der Waals surface area contributed by atoms with E-state index in [-0.39, 0.29) is 5.78 Å². The van der Waals surface area contributed by atoms with Gasteiger partial charge in [-0.15, -0.1) is 0 Å². The summed E-state index contributed by atoms with van der Waals surface area (Å²) in [5, 5.41) is 8.53. The van der Waals surface area contributed by atoms with Crippen molar-refractivity contribution in [3.8, 4) is 6.07 Å². The molecule has 76 valence electrons. The third-order valence-electron chi connectivity index (χ3n) is 2.03. The Morgan fingerprint density at radius 2 is 2.07 bits per heavy atom. The van der Waals surface area contributed by atoms with Crippen molar-refractivity contribution in [2.24, 2.45) is 0 Å². The largest absolute Gasteiger partial charge is 0.295 e. The average Bonchev–Trinajstić information content (AvgIpc) is 2.25. The van der Waals surface area contributed by atoms with Gasteiger partial charge in [-0.3, -0.25) is 4.79 Å². The van der Waals surface area contributed by atoms with Crippen LogP contribution in [0.4, 0.5) is 0 Å². The van der Waals surface area contributed by atoms with Crippen molar-refractivity contribution < 1.29 is 4.79 Å². The molecule has 0 aliphatic carbocycles. The molecule has 0 heterocycles. The molecular weight excluding hydrogens is 186 g/mol. The lowest BCUT2D eigenvalue weighted by Crippen LogP contribution is -1.89. The molecule has 0 aliphatic heterocycles. The summed E-state index contributed by atoms with van der Waals surface area (Å²) in [6, 6.07) is 11.8. The summed E-state index contributed by atoms with van der Waals surface area (Å²) in [7, 11) is 0. The van der Waals surface area contributed by atoms with Crippen molar-refractivity contribution in [3.05, 3.63) is 42.0 Å². The van der Waals surface area contributed by atoms with Crippen LogP contribution < -0.4 is 0 Å². The van der Waals surface area contributed by atoms with Crippen LogP contribution in [0.3, 0.4) is 0 Å². The Morgan fingerprint density at radius 3 is 2.60 bits per heavy atom. The van der Waals surface area contributed by atoms with E-state index in [1.807, 2.05) is 30.3 Å². The third kappa shape index (κ3) is 3.78. The zero-order valence-corrected chi connectivity index (χ0v) is 8.73. The van der Waals surface area contributed by atoms with Crippen molar-refractivity contribution in [3.63, 3.8) is 0 Å². The second-order valence-corrected chi connectivity index (χ2v) is 3.30. The van der Waals surface area contributed by atoms with E-state index in [4.69, 9.17) is 5.26 Å². The lowest BCUT2D eigenvalue weighted by molar-refractivity contribution is -0.112. The number of nitrogens with zero attached hydrogens (tertiary/aromatic N) is 1. The minimum Gasteiger partial charge on any atom is -0.295 e. The smallest absolute Gasteiger partial charge is 0.152 e. The van der Waals surface area contributed by atoms with E-state index in [0.717, 1.165) is 11.1 Å². The summed E-state index contributed by atoms with van der Waals surface area (Å²) in [5.41, 5.74) is 1.95. The van der Waals surface area contributed by atoms with E-state index < -0.39 is 0 Å². The molecule has 1 aromatic carbocycles. The van der Waals surface area contributed by atoms with E-state index in [9.17, 15) is 4.79 Å². The Labute approximate surface area is 89.9 Å². The number of ketones is 1. The van der Waals surface area contributed by atoms with Crippen LogP contribution in [0.2, 0.25) is 0 Å². The number of hydrogen-bond donors (Lipinski definition) is 0. The summed E-state index contributed by atoms with van der Waals surface area (Å²) in [6.45, 7) is 1.52. The van der Waals surface area contributed by atoms with Crippen molar-refractivity contribution >= 4 is 11.4 Å². The summed E-state index contributed by atoms with van der Waals surface area (Å²) < 4.78 is 0. The average molecular weight is 199 g/mol. The van der Waals surface area contributed by atoms with E-state index in [1.54, 1.807) is 6.08 Å². The number of hydrogen-bond acceptors (Lipinski definition) is 2. The molecule has 1 aromatic rings. The molecule has 1 rings (SSSR count). The Bertz CT molecular complexity index is 398. The molecule has 0 unspecified atom stereocenters. The van der Waals surface area contributed by atoms with Crippen LogP contribution in [0.1, 0.15) is 25.3 Å². The normalized spacial score (nSPS) is 10.8. The SMILES string of the molecule is CC(=O)/C=C(\CCC#N)c1ccccc1. The molecule has 2 nitrogen and oxygen atoms in total. The number of carbonyl (C=O) groups excluding carboxylic acids is 1. The van der Waals surface area contributed by atoms with Crippen LogP contribution in [-0.2, 0) is 4.79 Å². The van der Waals surface area contributed by atoms with Crippen LogP contribution in [0.15, 0.2) is 36.4 Å². The van der Waals surface area contributed by atoms with Gasteiger partial charge in [-0.2, -0.15) is 5.26 Å². The Hall–Kier alpha value is -1.88. The maximum absolute atomic E-state index is 11.0. The summed E-state index contributed by atoms with van der Waals surface area (Å²) in [6.07, 6.45) is 2.67. The molecule has 15 heavy (non-hydrogen) atoms. The monoisotopic (exact) mass is 199 g/mol. The third-order valence-corrected chi connectivity index (χ3v) is 2.03. The molecule has 0 aromatic heterocycles. The highest BCUT2D eigenvalue weighted by molar-refractivity contribution is 5.95. The van der Waals surface area contributed by atoms with E-state index in [1.165, 1.54) is 6.92 Å².